The molecule has 0 spiro atoms. The zero-order valence-electron chi connectivity index (χ0n) is 22.1. The van der Waals surface area contributed by atoms with Crippen LogP contribution in [0.5, 0.6) is 5.75 Å². The van der Waals surface area contributed by atoms with Crippen LogP contribution in [-0.4, -0.2) is 64.7 Å². The highest BCUT2D eigenvalue weighted by Crippen LogP contribution is 2.29. The van der Waals surface area contributed by atoms with Crippen molar-refractivity contribution in [2.75, 3.05) is 20.7 Å². The van der Waals surface area contributed by atoms with Crippen LogP contribution >= 0.6 is 0 Å². The van der Waals surface area contributed by atoms with Gasteiger partial charge in [-0.05, 0) is 62.2 Å². The number of fused-ring (bicyclic) bond motifs is 1. The number of benzene rings is 2. The van der Waals surface area contributed by atoms with Gasteiger partial charge in [-0.3, -0.25) is 24.6 Å². The molecule has 3 N–H and O–H groups in total. The zero-order chi connectivity index (χ0) is 27.5. The number of amides is 2. The minimum absolute atomic E-state index is 0.139. The van der Waals surface area contributed by atoms with Gasteiger partial charge in [0.25, 0.3) is 5.91 Å². The third kappa shape index (κ3) is 5.46. The lowest BCUT2D eigenvalue weighted by molar-refractivity contribution is -0.127. The van der Waals surface area contributed by atoms with E-state index in [0.29, 0.717) is 36.3 Å². The fourth-order valence-corrected chi connectivity index (χ4v) is 5.22. The topological polar surface area (TPSA) is 112 Å². The summed E-state index contributed by atoms with van der Waals surface area (Å²) in [6.45, 7) is 2.48. The minimum atomic E-state index is -0.443. The van der Waals surface area contributed by atoms with Crippen molar-refractivity contribution in [1.82, 2.24) is 30.7 Å². The van der Waals surface area contributed by atoms with Crippen LogP contribution in [0.2, 0.25) is 0 Å². The van der Waals surface area contributed by atoms with Gasteiger partial charge >= 0.3 is 0 Å². The molecule has 3 heterocycles. The molecule has 10 heteroatoms. The van der Waals surface area contributed by atoms with E-state index >= 15 is 0 Å². The molecule has 0 aliphatic carbocycles. The highest BCUT2D eigenvalue weighted by Gasteiger charge is 2.34. The summed E-state index contributed by atoms with van der Waals surface area (Å²) in [4.78, 5) is 32.1. The van der Waals surface area contributed by atoms with Gasteiger partial charge in [0, 0.05) is 60.1 Å². The molecule has 0 radical (unpaired) electrons. The Hall–Kier alpha value is -4.31. The molecule has 2 amide bonds. The summed E-state index contributed by atoms with van der Waals surface area (Å²) in [5.41, 5.74) is 4.26. The Kier molecular flexibility index (Phi) is 7.56. The van der Waals surface area contributed by atoms with E-state index in [-0.39, 0.29) is 24.4 Å². The van der Waals surface area contributed by atoms with Gasteiger partial charge in [0.05, 0.1) is 18.7 Å². The number of likely N-dealkylation sites (tertiary alicyclic amines) is 1. The van der Waals surface area contributed by atoms with E-state index in [1.54, 1.807) is 31.4 Å². The average Bonchev–Trinajstić information content (AvgIpc) is 3.37. The number of nitrogens with zero attached hydrogens (tertiary/aromatic N) is 3. The number of rotatable bonds is 7. The van der Waals surface area contributed by atoms with Gasteiger partial charge in [-0.25, -0.2) is 4.39 Å². The predicted octanol–water partition coefficient (Wildman–Crippen LogP) is 3.59. The summed E-state index contributed by atoms with van der Waals surface area (Å²) in [6, 6.07) is 13.3. The second-order valence-electron chi connectivity index (χ2n) is 9.75. The largest absolute Gasteiger partial charge is 0.496 e. The van der Waals surface area contributed by atoms with Crippen molar-refractivity contribution in [3.8, 4) is 17.0 Å². The van der Waals surface area contributed by atoms with Crippen LogP contribution in [0, 0.1) is 12.7 Å². The predicted molar refractivity (Wildman–Crippen MR) is 146 cm³/mol. The summed E-state index contributed by atoms with van der Waals surface area (Å²) in [5.74, 6) is -0.337. The first-order valence-corrected chi connectivity index (χ1v) is 12.9. The summed E-state index contributed by atoms with van der Waals surface area (Å²) in [5, 5.41) is 14.1. The van der Waals surface area contributed by atoms with Crippen molar-refractivity contribution < 1.29 is 18.7 Å². The maximum absolute atomic E-state index is 14.7. The molecule has 1 aliphatic rings. The van der Waals surface area contributed by atoms with Crippen LogP contribution < -0.4 is 15.4 Å². The van der Waals surface area contributed by atoms with E-state index in [1.807, 2.05) is 36.1 Å². The number of hydrogen-bond acceptors (Lipinski definition) is 6. The first-order chi connectivity index (χ1) is 18.9. The van der Waals surface area contributed by atoms with Gasteiger partial charge in [-0.2, -0.15) is 5.10 Å². The molecule has 5 rings (SSSR count). The van der Waals surface area contributed by atoms with Gasteiger partial charge < -0.3 is 15.4 Å². The molecule has 39 heavy (non-hydrogen) atoms. The van der Waals surface area contributed by atoms with E-state index in [2.05, 4.69) is 25.8 Å². The van der Waals surface area contributed by atoms with Crippen molar-refractivity contribution in [2.45, 2.75) is 38.4 Å². The number of halogens is 1. The molecule has 1 saturated heterocycles. The van der Waals surface area contributed by atoms with Crippen molar-refractivity contribution >= 4 is 22.7 Å². The molecule has 2 atom stereocenters. The highest BCUT2D eigenvalue weighted by atomic mass is 19.1. The number of likely N-dealkylation sites (N-methyl/N-ethyl adjacent to an activating group) is 1. The number of ether oxygens (including phenoxy) is 1. The lowest BCUT2D eigenvalue weighted by Gasteiger charge is -2.39. The Balaban J connectivity index is 1.36. The van der Waals surface area contributed by atoms with Crippen LogP contribution in [0.15, 0.2) is 54.7 Å². The van der Waals surface area contributed by atoms with E-state index < -0.39 is 11.9 Å². The van der Waals surface area contributed by atoms with Gasteiger partial charge in [-0.15, -0.1) is 0 Å². The number of nitrogens with one attached hydrogen (secondary N) is 3. The molecule has 4 aromatic rings. The molecule has 1 fully saturated rings. The average molecular weight is 531 g/mol. The third-order valence-corrected chi connectivity index (χ3v) is 7.22. The Morgan fingerprint density at radius 1 is 1.18 bits per heavy atom. The quantitative estimate of drug-likeness (QED) is 0.337. The van der Waals surface area contributed by atoms with E-state index in [9.17, 15) is 14.0 Å². The van der Waals surface area contributed by atoms with Crippen LogP contribution in [0.25, 0.3) is 22.2 Å². The Labute approximate surface area is 225 Å². The smallest absolute Gasteiger partial charge is 0.251 e. The molecule has 0 bridgehead atoms. The maximum Gasteiger partial charge on any atom is 0.251 e. The fourth-order valence-electron chi connectivity index (χ4n) is 5.22. The molecule has 9 nitrogen and oxygen atoms in total. The van der Waals surface area contributed by atoms with Gasteiger partial charge in [0.15, 0.2) is 0 Å². The second kappa shape index (κ2) is 11.2. The number of carbonyl (C=O) groups is 2. The highest BCUT2D eigenvalue weighted by molar-refractivity contribution is 6.01. The molecule has 0 saturated carbocycles. The fraction of sp³-hybridized carbons (Fsp3) is 0.310. The van der Waals surface area contributed by atoms with Gasteiger partial charge in [-0.1, -0.05) is 6.07 Å². The number of piperidine rings is 1. The second-order valence-corrected chi connectivity index (χ2v) is 9.75. The maximum atomic E-state index is 14.7. The number of aryl methyl sites for hydroxylation is 1. The number of aromatic amines is 1. The first kappa shape index (κ1) is 26.3. The Bertz CT molecular complexity index is 1520. The normalized spacial score (nSPS) is 17.6. The van der Waals surface area contributed by atoms with Crippen LogP contribution in [-0.2, 0) is 11.3 Å². The monoisotopic (exact) mass is 530 g/mol. The van der Waals surface area contributed by atoms with E-state index in [4.69, 9.17) is 4.74 Å². The number of H-pyrrole nitrogens is 1. The van der Waals surface area contributed by atoms with Crippen LogP contribution in [0.1, 0.15) is 34.5 Å². The lowest BCUT2D eigenvalue weighted by atomic mass is 9.96. The minimum Gasteiger partial charge on any atom is -0.496 e. The van der Waals surface area contributed by atoms with Gasteiger partial charge in [0.2, 0.25) is 5.91 Å². The molecular formula is C29H31FN6O3. The summed E-state index contributed by atoms with van der Waals surface area (Å²) in [7, 11) is 3.08. The standard InChI is InChI=1S/C29H31FN6O3/c1-17-13-18(11-12-32-17)27-21-14-19(7-9-24(21)34-35-27)28(37)33-20-8-10-25(29(38)31-2)36(15-20)16-22-23(30)5-4-6-26(22)39-3/h4-7,9,11-14,20,25H,8,10,15-16H2,1-3H3,(H,31,38)(H,33,37)(H,34,35)/t20-,25+/m1/s1. The molecule has 202 valence electrons. The first-order valence-electron chi connectivity index (χ1n) is 12.9. The van der Waals surface area contributed by atoms with Crippen molar-refractivity contribution in [2.24, 2.45) is 0 Å². The molecule has 2 aromatic carbocycles. The molecule has 2 aromatic heterocycles. The summed E-state index contributed by atoms with van der Waals surface area (Å²) in [6.07, 6.45) is 2.87. The van der Waals surface area contributed by atoms with Gasteiger partial charge in [0.1, 0.15) is 17.3 Å². The Morgan fingerprint density at radius 2 is 2.03 bits per heavy atom. The van der Waals surface area contributed by atoms with Crippen molar-refractivity contribution in [3.63, 3.8) is 0 Å². The SMILES string of the molecule is CNC(=O)[C@@H]1CC[C@@H](NC(=O)c2ccc3[nH]nc(-c4ccnc(C)c4)c3c2)CN1Cc1c(F)cccc1OC. The summed E-state index contributed by atoms with van der Waals surface area (Å²) >= 11 is 0. The lowest BCUT2D eigenvalue weighted by Crippen LogP contribution is -2.55. The number of pyridine rings is 1. The molecule has 0 unspecified atom stereocenters. The van der Waals surface area contributed by atoms with E-state index in [0.717, 1.165) is 27.9 Å². The zero-order valence-corrected chi connectivity index (χ0v) is 22.1. The number of aromatic nitrogens is 3. The van der Waals surface area contributed by atoms with Crippen molar-refractivity contribution in [1.29, 1.82) is 0 Å². The van der Waals surface area contributed by atoms with Crippen molar-refractivity contribution in [3.05, 3.63) is 77.4 Å². The molecule has 1 aliphatic heterocycles. The van der Waals surface area contributed by atoms with Crippen LogP contribution in [0.4, 0.5) is 4.39 Å². The number of hydrogen-bond donors (Lipinski definition) is 3. The third-order valence-electron chi connectivity index (χ3n) is 7.22. The van der Waals surface area contributed by atoms with Crippen LogP contribution in [0.3, 0.4) is 0 Å². The number of carbonyl (C=O) groups excluding carboxylic acids is 2. The Morgan fingerprint density at radius 3 is 2.79 bits per heavy atom. The van der Waals surface area contributed by atoms with E-state index in [1.165, 1.54) is 13.2 Å². The molecular weight excluding hydrogens is 499 g/mol. The summed E-state index contributed by atoms with van der Waals surface area (Å²) < 4.78 is 20.1. The number of methoxy groups -OCH3 is 1.